The molecule has 3 nitrogen and oxygen atoms in total. The Morgan fingerprint density at radius 3 is 2.36 bits per heavy atom. The van der Waals surface area contributed by atoms with Gasteiger partial charge in [0.15, 0.2) is 0 Å². The lowest BCUT2D eigenvalue weighted by Crippen LogP contribution is -2.06. The lowest BCUT2D eigenvalue weighted by atomic mass is 10.1. The molecule has 0 spiro atoms. The highest BCUT2D eigenvalue weighted by atomic mass is 16.5. The minimum absolute atomic E-state index is 0.199. The predicted octanol–water partition coefficient (Wildman–Crippen LogP) is 2.02. The smallest absolute Gasteiger partial charge is 0.120 e. The van der Waals surface area contributed by atoms with Crippen molar-refractivity contribution in [1.29, 1.82) is 0 Å². The summed E-state index contributed by atoms with van der Waals surface area (Å²) < 4.78 is 0. The molecule has 0 saturated heterocycles. The average Bonchev–Trinajstić information content (AvgIpc) is 2.19. The van der Waals surface area contributed by atoms with Gasteiger partial charge in [-0.05, 0) is 22.9 Å². The minimum Gasteiger partial charge on any atom is -0.508 e. The molecule has 0 aliphatic carbocycles. The fraction of sp³-hybridized carbons (Fsp3) is 0.0909. The molecule has 0 heterocycles. The molecular formula is C11H11NO2. The largest absolute Gasteiger partial charge is 0.508 e. The Balaban J connectivity index is 2.59. The zero-order valence-corrected chi connectivity index (χ0v) is 7.57. The second kappa shape index (κ2) is 3.65. The second-order valence-corrected chi connectivity index (χ2v) is 3.16. The third kappa shape index (κ3) is 1.55. The Labute approximate surface area is 81.6 Å². The van der Waals surface area contributed by atoms with Crippen LogP contribution >= 0.6 is 0 Å². The van der Waals surface area contributed by atoms with Crippen LogP contribution in [0.3, 0.4) is 0 Å². The zero-order chi connectivity index (χ0) is 9.97. The average molecular weight is 189 g/mol. The third-order valence-electron chi connectivity index (χ3n) is 2.22. The maximum absolute atomic E-state index is 9.59. The third-order valence-corrected chi connectivity index (χ3v) is 2.22. The number of phenols is 1. The van der Waals surface area contributed by atoms with Crippen LogP contribution in [0.1, 0.15) is 5.56 Å². The fourth-order valence-electron chi connectivity index (χ4n) is 1.50. The Bertz CT molecular complexity index is 454. The number of aromatic hydroxyl groups is 1. The Morgan fingerprint density at radius 2 is 1.71 bits per heavy atom. The topological polar surface area (TPSA) is 52.5 Å². The first-order chi connectivity index (χ1) is 6.81. The van der Waals surface area contributed by atoms with Gasteiger partial charge in [-0.1, -0.05) is 24.3 Å². The van der Waals surface area contributed by atoms with Gasteiger partial charge in [-0.25, -0.2) is 5.48 Å². The molecule has 3 heteroatoms. The van der Waals surface area contributed by atoms with Crippen molar-refractivity contribution in [2.24, 2.45) is 0 Å². The van der Waals surface area contributed by atoms with E-state index in [2.05, 4.69) is 0 Å². The number of phenolic OH excluding ortho intramolecular Hbond substituents is 1. The summed E-state index contributed by atoms with van der Waals surface area (Å²) in [5.74, 6) is 0.199. The monoisotopic (exact) mass is 189 g/mol. The van der Waals surface area contributed by atoms with Crippen LogP contribution in [0.5, 0.6) is 5.75 Å². The molecule has 0 atom stereocenters. The summed E-state index contributed by atoms with van der Waals surface area (Å²) in [5.41, 5.74) is 2.72. The highest BCUT2D eigenvalue weighted by Gasteiger charge is 2.02. The summed E-state index contributed by atoms with van der Waals surface area (Å²) in [6.45, 7) is 0.247. The molecule has 14 heavy (non-hydrogen) atoms. The van der Waals surface area contributed by atoms with Crippen LogP contribution < -0.4 is 5.48 Å². The quantitative estimate of drug-likeness (QED) is 0.633. The minimum atomic E-state index is 0.199. The molecule has 0 aromatic heterocycles. The molecule has 0 saturated carbocycles. The van der Waals surface area contributed by atoms with Crippen LogP contribution in [-0.4, -0.2) is 10.3 Å². The van der Waals surface area contributed by atoms with Gasteiger partial charge < -0.3 is 10.3 Å². The van der Waals surface area contributed by atoms with E-state index in [4.69, 9.17) is 5.21 Å². The molecule has 0 bridgehead atoms. The molecule has 0 radical (unpaired) electrons. The van der Waals surface area contributed by atoms with Gasteiger partial charge in [-0.3, -0.25) is 0 Å². The number of hydrogen-bond acceptors (Lipinski definition) is 3. The molecule has 0 fully saturated rings. The summed E-state index contributed by atoms with van der Waals surface area (Å²) >= 11 is 0. The summed E-state index contributed by atoms with van der Waals surface area (Å²) in [6.07, 6.45) is 0. The molecule has 2 rings (SSSR count). The van der Waals surface area contributed by atoms with Gasteiger partial charge >= 0.3 is 0 Å². The predicted molar refractivity (Wildman–Crippen MR) is 54.2 cm³/mol. The van der Waals surface area contributed by atoms with Crippen molar-refractivity contribution in [1.82, 2.24) is 5.48 Å². The molecule has 2 aromatic carbocycles. The van der Waals surface area contributed by atoms with Crippen molar-refractivity contribution < 1.29 is 10.3 Å². The maximum atomic E-state index is 9.59. The molecule has 3 N–H and O–H groups in total. The van der Waals surface area contributed by atoms with E-state index in [0.29, 0.717) is 5.56 Å². The van der Waals surface area contributed by atoms with E-state index < -0.39 is 0 Å². The normalized spacial score (nSPS) is 10.6. The molecule has 0 unspecified atom stereocenters. The van der Waals surface area contributed by atoms with Crippen LogP contribution in [0.2, 0.25) is 0 Å². The van der Waals surface area contributed by atoms with Crippen molar-refractivity contribution in [3.05, 3.63) is 42.0 Å². The van der Waals surface area contributed by atoms with Crippen LogP contribution in [0.15, 0.2) is 36.4 Å². The number of benzene rings is 2. The van der Waals surface area contributed by atoms with Gasteiger partial charge in [0.1, 0.15) is 5.75 Å². The van der Waals surface area contributed by atoms with Gasteiger partial charge in [-0.2, -0.15) is 0 Å². The van der Waals surface area contributed by atoms with E-state index >= 15 is 0 Å². The van der Waals surface area contributed by atoms with E-state index in [-0.39, 0.29) is 12.3 Å². The first-order valence-electron chi connectivity index (χ1n) is 4.39. The van der Waals surface area contributed by atoms with E-state index in [1.54, 1.807) is 6.07 Å². The molecule has 0 aliphatic heterocycles. The second-order valence-electron chi connectivity index (χ2n) is 3.16. The van der Waals surface area contributed by atoms with Gasteiger partial charge in [0.25, 0.3) is 0 Å². The number of hydroxylamine groups is 1. The lowest BCUT2D eigenvalue weighted by Gasteiger charge is -2.05. The van der Waals surface area contributed by atoms with E-state index in [1.165, 1.54) is 0 Å². The molecule has 0 aliphatic rings. The van der Waals surface area contributed by atoms with Gasteiger partial charge in [0.2, 0.25) is 0 Å². The van der Waals surface area contributed by atoms with Gasteiger partial charge in [0.05, 0.1) is 0 Å². The lowest BCUT2D eigenvalue weighted by molar-refractivity contribution is 0.160. The van der Waals surface area contributed by atoms with Gasteiger partial charge in [0, 0.05) is 12.1 Å². The zero-order valence-electron chi connectivity index (χ0n) is 7.57. The molecule has 72 valence electrons. The van der Waals surface area contributed by atoms with Crippen LogP contribution in [0, 0.1) is 0 Å². The fourth-order valence-corrected chi connectivity index (χ4v) is 1.50. The van der Waals surface area contributed by atoms with Crippen molar-refractivity contribution in [2.75, 3.05) is 0 Å². The molecule has 2 aromatic rings. The van der Waals surface area contributed by atoms with Crippen molar-refractivity contribution >= 4 is 10.8 Å². The molecular weight excluding hydrogens is 178 g/mol. The van der Waals surface area contributed by atoms with Crippen LogP contribution in [-0.2, 0) is 6.54 Å². The first-order valence-corrected chi connectivity index (χ1v) is 4.39. The maximum Gasteiger partial charge on any atom is 0.120 e. The van der Waals surface area contributed by atoms with Crippen molar-refractivity contribution in [2.45, 2.75) is 6.54 Å². The highest BCUT2D eigenvalue weighted by molar-refractivity contribution is 5.84. The van der Waals surface area contributed by atoms with Crippen molar-refractivity contribution in [3.63, 3.8) is 0 Å². The summed E-state index contributed by atoms with van der Waals surface area (Å²) in [5, 5.41) is 20.2. The molecule has 0 amide bonds. The number of rotatable bonds is 2. The highest BCUT2D eigenvalue weighted by Crippen LogP contribution is 2.24. The van der Waals surface area contributed by atoms with E-state index in [0.717, 1.165) is 10.8 Å². The van der Waals surface area contributed by atoms with Gasteiger partial charge in [-0.15, -0.1) is 0 Å². The Hall–Kier alpha value is -1.58. The van der Waals surface area contributed by atoms with E-state index in [9.17, 15) is 5.11 Å². The number of hydrogen-bond donors (Lipinski definition) is 3. The standard InChI is InChI=1S/C11H11NO2/c13-11-6-9-4-2-1-3-8(9)5-10(11)7-12-14/h1-6,12-14H,7H2. The summed E-state index contributed by atoms with van der Waals surface area (Å²) in [4.78, 5) is 0. The van der Waals surface area contributed by atoms with Crippen LogP contribution in [0.25, 0.3) is 10.8 Å². The Morgan fingerprint density at radius 1 is 1.07 bits per heavy atom. The van der Waals surface area contributed by atoms with E-state index in [1.807, 2.05) is 35.8 Å². The number of nitrogens with one attached hydrogen (secondary N) is 1. The number of fused-ring (bicyclic) bond motifs is 1. The van der Waals surface area contributed by atoms with Crippen LogP contribution in [0.4, 0.5) is 0 Å². The Kier molecular flexibility index (Phi) is 2.35. The summed E-state index contributed by atoms with van der Waals surface area (Å²) in [6, 6.07) is 11.3. The summed E-state index contributed by atoms with van der Waals surface area (Å²) in [7, 11) is 0. The van der Waals surface area contributed by atoms with Crippen molar-refractivity contribution in [3.8, 4) is 5.75 Å². The first kappa shape index (κ1) is 8.99. The SMILES string of the molecule is ONCc1cc2ccccc2cc1O.